The lowest BCUT2D eigenvalue weighted by Crippen LogP contribution is -2.57. The Bertz CT molecular complexity index is 608. The first-order valence-electron chi connectivity index (χ1n) is 8.27. The zero-order chi connectivity index (χ0) is 19.7. The van der Waals surface area contributed by atoms with Gasteiger partial charge in [-0.05, 0) is 25.5 Å². The number of carbonyl (C=O) groups excluding carboxylic acids is 2. The second-order valence-corrected chi connectivity index (χ2v) is 6.00. The zero-order valence-corrected chi connectivity index (χ0v) is 14.6. The maximum absolute atomic E-state index is 12.5. The fourth-order valence-corrected chi connectivity index (χ4v) is 2.29. The Hall–Kier alpha value is -2.49. The molecule has 4 atom stereocenters. The van der Waals surface area contributed by atoms with Crippen LogP contribution in [0.15, 0.2) is 30.3 Å². The fraction of sp³-hybridized carbons (Fsp3) is 0.471. The Labute approximate surface area is 151 Å². The second kappa shape index (κ2) is 10.5. The third-order valence-electron chi connectivity index (χ3n) is 3.78. The van der Waals surface area contributed by atoms with Gasteiger partial charge in [-0.1, -0.05) is 30.3 Å². The van der Waals surface area contributed by atoms with Crippen LogP contribution in [0.2, 0.25) is 0 Å². The van der Waals surface area contributed by atoms with Crippen LogP contribution < -0.4 is 22.1 Å². The van der Waals surface area contributed by atoms with Gasteiger partial charge in [0.05, 0.1) is 12.1 Å². The zero-order valence-electron chi connectivity index (χ0n) is 14.6. The molecule has 0 bridgehead atoms. The van der Waals surface area contributed by atoms with Crippen LogP contribution in [-0.4, -0.2) is 58.8 Å². The first kappa shape index (κ1) is 21.6. The topological polar surface area (TPSA) is 168 Å². The maximum Gasteiger partial charge on any atom is 0.328 e. The number of hydrogen-bond acceptors (Lipinski definition) is 6. The average molecular weight is 366 g/mol. The summed E-state index contributed by atoms with van der Waals surface area (Å²) in [7, 11) is 0. The van der Waals surface area contributed by atoms with Crippen LogP contribution in [0.1, 0.15) is 18.9 Å². The standard InChI is InChI=1S/C17H26N4O5/c1-10(22)14(17(25)26)21-16(24)13(9-11-5-3-2-4-6-11)20-15(23)12(19)7-8-18/h2-6,10,12-14,22H,7-9,18-19H2,1H3,(H,20,23)(H,21,24)(H,25,26)/t10-,12+,13-,14+/m1/s1. The summed E-state index contributed by atoms with van der Waals surface area (Å²) in [6, 6.07) is 5.50. The van der Waals surface area contributed by atoms with E-state index in [2.05, 4.69) is 10.6 Å². The number of hydrogen-bond donors (Lipinski definition) is 6. The Morgan fingerprint density at radius 1 is 1.12 bits per heavy atom. The van der Waals surface area contributed by atoms with Crippen molar-refractivity contribution >= 4 is 17.8 Å². The Balaban J connectivity index is 2.93. The van der Waals surface area contributed by atoms with Crippen molar-refractivity contribution in [3.63, 3.8) is 0 Å². The van der Waals surface area contributed by atoms with Gasteiger partial charge < -0.3 is 32.3 Å². The van der Waals surface area contributed by atoms with Crippen LogP contribution in [-0.2, 0) is 20.8 Å². The highest BCUT2D eigenvalue weighted by molar-refractivity contribution is 5.92. The van der Waals surface area contributed by atoms with Crippen molar-refractivity contribution in [3.8, 4) is 0 Å². The van der Waals surface area contributed by atoms with Crippen LogP contribution in [0.5, 0.6) is 0 Å². The molecule has 0 heterocycles. The maximum atomic E-state index is 12.5. The molecule has 26 heavy (non-hydrogen) atoms. The predicted molar refractivity (Wildman–Crippen MR) is 95.0 cm³/mol. The molecular formula is C17H26N4O5. The smallest absolute Gasteiger partial charge is 0.328 e. The largest absolute Gasteiger partial charge is 0.480 e. The Morgan fingerprint density at radius 2 is 1.73 bits per heavy atom. The third kappa shape index (κ3) is 6.79. The molecule has 0 saturated carbocycles. The Morgan fingerprint density at radius 3 is 2.23 bits per heavy atom. The molecule has 1 aromatic rings. The van der Waals surface area contributed by atoms with E-state index >= 15 is 0 Å². The molecule has 1 rings (SSSR count). The first-order chi connectivity index (χ1) is 12.3. The van der Waals surface area contributed by atoms with Crippen LogP contribution >= 0.6 is 0 Å². The van der Waals surface area contributed by atoms with Gasteiger partial charge in [0.2, 0.25) is 11.8 Å². The van der Waals surface area contributed by atoms with Crippen LogP contribution in [0, 0.1) is 0 Å². The normalized spacial score (nSPS) is 15.4. The molecule has 0 aromatic heterocycles. The molecule has 2 amide bonds. The number of nitrogens with two attached hydrogens (primary N) is 2. The minimum atomic E-state index is -1.49. The number of benzene rings is 1. The van der Waals surface area contributed by atoms with Crippen LogP contribution in [0.25, 0.3) is 0 Å². The van der Waals surface area contributed by atoms with Gasteiger partial charge in [-0.25, -0.2) is 4.79 Å². The lowest BCUT2D eigenvalue weighted by Gasteiger charge is -2.24. The van der Waals surface area contributed by atoms with Gasteiger partial charge in [-0.2, -0.15) is 0 Å². The van der Waals surface area contributed by atoms with Crippen molar-refractivity contribution in [1.29, 1.82) is 0 Å². The van der Waals surface area contributed by atoms with Gasteiger partial charge in [0.1, 0.15) is 6.04 Å². The summed E-state index contributed by atoms with van der Waals surface area (Å²) in [5.74, 6) is -2.66. The van der Waals surface area contributed by atoms with Crippen molar-refractivity contribution in [3.05, 3.63) is 35.9 Å². The van der Waals surface area contributed by atoms with Crippen molar-refractivity contribution in [2.75, 3.05) is 6.54 Å². The summed E-state index contributed by atoms with van der Waals surface area (Å²) in [6.45, 7) is 1.47. The SMILES string of the molecule is C[C@@H](O)[C@H](NC(=O)[C@@H](Cc1ccccc1)NC(=O)[C@@H](N)CCN)C(=O)O. The van der Waals surface area contributed by atoms with E-state index < -0.39 is 42.0 Å². The number of aliphatic hydroxyl groups excluding tert-OH is 1. The number of amides is 2. The number of carboxylic acids is 1. The quantitative estimate of drug-likeness (QED) is 0.288. The summed E-state index contributed by atoms with van der Waals surface area (Å²) in [4.78, 5) is 35.8. The average Bonchev–Trinajstić information content (AvgIpc) is 2.59. The minimum Gasteiger partial charge on any atom is -0.480 e. The number of rotatable bonds is 10. The van der Waals surface area contributed by atoms with E-state index in [0.29, 0.717) is 0 Å². The summed E-state index contributed by atoms with van der Waals surface area (Å²) in [5.41, 5.74) is 11.9. The molecule has 144 valence electrons. The van der Waals surface area contributed by atoms with Crippen molar-refractivity contribution in [2.24, 2.45) is 11.5 Å². The molecule has 0 saturated heterocycles. The van der Waals surface area contributed by atoms with Gasteiger partial charge in [-0.15, -0.1) is 0 Å². The fourth-order valence-electron chi connectivity index (χ4n) is 2.29. The summed E-state index contributed by atoms with van der Waals surface area (Å²) in [5, 5.41) is 23.4. The monoisotopic (exact) mass is 366 g/mol. The predicted octanol–water partition coefficient (Wildman–Crippen LogP) is -1.66. The first-order valence-corrected chi connectivity index (χ1v) is 8.27. The van der Waals surface area contributed by atoms with Crippen molar-refractivity contribution in [1.82, 2.24) is 10.6 Å². The van der Waals surface area contributed by atoms with E-state index in [1.54, 1.807) is 24.3 Å². The van der Waals surface area contributed by atoms with E-state index in [9.17, 15) is 19.5 Å². The molecule has 1 aromatic carbocycles. The third-order valence-corrected chi connectivity index (χ3v) is 3.78. The molecule has 0 fully saturated rings. The van der Waals surface area contributed by atoms with Gasteiger partial charge >= 0.3 is 5.97 Å². The van der Waals surface area contributed by atoms with Crippen LogP contribution in [0.4, 0.5) is 0 Å². The van der Waals surface area contributed by atoms with Crippen LogP contribution in [0.3, 0.4) is 0 Å². The molecule has 9 nitrogen and oxygen atoms in total. The highest BCUT2D eigenvalue weighted by atomic mass is 16.4. The lowest BCUT2D eigenvalue weighted by molar-refractivity contribution is -0.145. The number of carboxylic acid groups (broad SMARTS) is 1. The summed E-state index contributed by atoms with van der Waals surface area (Å²) in [6.07, 6.45) is -0.916. The van der Waals surface area contributed by atoms with Gasteiger partial charge in [0.15, 0.2) is 6.04 Å². The lowest BCUT2D eigenvalue weighted by atomic mass is 10.0. The van der Waals surface area contributed by atoms with E-state index in [0.717, 1.165) is 5.56 Å². The number of aliphatic carboxylic acids is 1. The molecule has 0 aliphatic heterocycles. The number of nitrogens with one attached hydrogen (secondary N) is 2. The van der Waals surface area contributed by atoms with Gasteiger partial charge in [-0.3, -0.25) is 9.59 Å². The molecule has 0 radical (unpaired) electrons. The molecule has 0 aliphatic carbocycles. The molecule has 0 spiro atoms. The summed E-state index contributed by atoms with van der Waals surface area (Å²) < 4.78 is 0. The van der Waals surface area contributed by atoms with Crippen molar-refractivity contribution < 1.29 is 24.6 Å². The van der Waals surface area contributed by atoms with E-state index in [4.69, 9.17) is 16.6 Å². The number of carbonyl (C=O) groups is 3. The van der Waals surface area contributed by atoms with Gasteiger partial charge in [0.25, 0.3) is 0 Å². The molecule has 9 heteroatoms. The highest BCUT2D eigenvalue weighted by Gasteiger charge is 2.30. The molecule has 0 aliphatic rings. The highest BCUT2D eigenvalue weighted by Crippen LogP contribution is 2.05. The van der Waals surface area contributed by atoms with Gasteiger partial charge in [0, 0.05) is 6.42 Å². The van der Waals surface area contributed by atoms with E-state index in [1.165, 1.54) is 6.92 Å². The number of aliphatic hydroxyl groups is 1. The molecule has 8 N–H and O–H groups in total. The Kier molecular flexibility index (Phi) is 8.70. The second-order valence-electron chi connectivity index (χ2n) is 6.00. The molecular weight excluding hydrogens is 340 g/mol. The summed E-state index contributed by atoms with van der Waals surface area (Å²) >= 11 is 0. The molecule has 0 unspecified atom stereocenters. The van der Waals surface area contributed by atoms with E-state index in [1.807, 2.05) is 6.07 Å². The van der Waals surface area contributed by atoms with E-state index in [-0.39, 0.29) is 19.4 Å². The minimum absolute atomic E-state index is 0.139. The van der Waals surface area contributed by atoms with Crippen molar-refractivity contribution in [2.45, 2.75) is 44.0 Å².